The Labute approximate surface area is 159 Å². The summed E-state index contributed by atoms with van der Waals surface area (Å²) in [5.74, 6) is -0.256. The maximum absolute atomic E-state index is 12.9. The molecule has 144 valence electrons. The van der Waals surface area contributed by atoms with E-state index in [0.29, 0.717) is 5.69 Å². The predicted molar refractivity (Wildman–Crippen MR) is 99.1 cm³/mol. The highest BCUT2D eigenvalue weighted by Crippen LogP contribution is 2.31. The van der Waals surface area contributed by atoms with Crippen molar-refractivity contribution in [1.82, 2.24) is 15.3 Å². The lowest BCUT2D eigenvalue weighted by molar-refractivity contribution is -0.137. The second-order valence-corrected chi connectivity index (χ2v) is 6.05. The van der Waals surface area contributed by atoms with Crippen LogP contribution in [0.4, 0.5) is 24.7 Å². The number of rotatable bonds is 5. The first-order chi connectivity index (χ1) is 13.3. The highest BCUT2D eigenvalue weighted by Gasteiger charge is 2.30. The van der Waals surface area contributed by atoms with Gasteiger partial charge in [0, 0.05) is 18.1 Å². The Balaban J connectivity index is 1.81. The number of benzene rings is 1. The number of pyridine rings is 2. The summed E-state index contributed by atoms with van der Waals surface area (Å²) < 4.78 is 38.7. The van der Waals surface area contributed by atoms with E-state index in [-0.39, 0.29) is 23.1 Å². The number of hydrogen-bond acceptors (Lipinski definition) is 4. The Bertz CT molecular complexity index is 961. The second-order valence-electron chi connectivity index (χ2n) is 6.05. The maximum atomic E-state index is 12.9. The first-order valence-electron chi connectivity index (χ1n) is 8.45. The van der Waals surface area contributed by atoms with Gasteiger partial charge >= 0.3 is 6.18 Å². The van der Waals surface area contributed by atoms with E-state index in [1.165, 1.54) is 18.3 Å². The summed E-state index contributed by atoms with van der Waals surface area (Å²) in [4.78, 5) is 21.0. The third-order valence-corrected chi connectivity index (χ3v) is 3.98. The number of amides is 1. The highest BCUT2D eigenvalue weighted by atomic mass is 19.4. The van der Waals surface area contributed by atoms with Gasteiger partial charge in [-0.05, 0) is 49.4 Å². The quantitative estimate of drug-likeness (QED) is 0.665. The molecule has 2 aromatic heterocycles. The Morgan fingerprint density at radius 2 is 1.79 bits per heavy atom. The molecule has 3 aromatic rings. The summed E-state index contributed by atoms with van der Waals surface area (Å²) in [6.45, 7) is 1.79. The van der Waals surface area contributed by atoms with Crippen molar-refractivity contribution >= 4 is 17.4 Å². The Hall–Kier alpha value is -3.42. The van der Waals surface area contributed by atoms with Crippen LogP contribution < -0.4 is 10.6 Å². The molecule has 0 fully saturated rings. The minimum atomic E-state index is -4.46. The number of halogens is 3. The standard InChI is InChI=1S/C20H17F3N4O/c1-13(17-9-2-3-10-24-17)26-19(28)16-8-5-11-25-18(16)27-15-7-4-6-14(12-15)20(21,22)23/h2-13H,1H3,(H,25,27)(H,26,28). The van der Waals surface area contributed by atoms with Crippen molar-refractivity contribution in [2.24, 2.45) is 0 Å². The van der Waals surface area contributed by atoms with Gasteiger partial charge in [-0.2, -0.15) is 13.2 Å². The lowest BCUT2D eigenvalue weighted by Crippen LogP contribution is -2.28. The molecule has 2 N–H and O–H groups in total. The smallest absolute Gasteiger partial charge is 0.344 e. The minimum Gasteiger partial charge on any atom is -0.344 e. The van der Waals surface area contributed by atoms with E-state index >= 15 is 0 Å². The Morgan fingerprint density at radius 3 is 2.50 bits per heavy atom. The summed E-state index contributed by atoms with van der Waals surface area (Å²) >= 11 is 0. The van der Waals surface area contributed by atoms with Crippen LogP contribution in [-0.2, 0) is 6.18 Å². The van der Waals surface area contributed by atoms with Crippen LogP contribution in [0, 0.1) is 0 Å². The van der Waals surface area contributed by atoms with Gasteiger partial charge in [0.15, 0.2) is 0 Å². The fraction of sp³-hybridized carbons (Fsp3) is 0.150. The molecule has 2 heterocycles. The van der Waals surface area contributed by atoms with Crippen molar-refractivity contribution in [3.05, 3.63) is 83.8 Å². The second kappa shape index (κ2) is 8.08. The summed E-state index contributed by atoms with van der Waals surface area (Å²) in [6.07, 6.45) is -1.38. The number of aromatic nitrogens is 2. The van der Waals surface area contributed by atoms with Crippen molar-refractivity contribution in [2.45, 2.75) is 19.1 Å². The number of anilines is 2. The van der Waals surface area contributed by atoms with Crippen molar-refractivity contribution in [1.29, 1.82) is 0 Å². The van der Waals surface area contributed by atoms with Crippen LogP contribution in [0.5, 0.6) is 0 Å². The zero-order valence-corrected chi connectivity index (χ0v) is 14.9. The molecule has 3 rings (SSSR count). The van der Waals surface area contributed by atoms with Gasteiger partial charge < -0.3 is 10.6 Å². The Kier molecular flexibility index (Phi) is 5.58. The van der Waals surface area contributed by atoms with E-state index in [1.54, 1.807) is 37.4 Å². The van der Waals surface area contributed by atoms with E-state index < -0.39 is 17.6 Å². The molecule has 0 spiro atoms. The molecule has 0 aliphatic heterocycles. The van der Waals surface area contributed by atoms with E-state index in [0.717, 1.165) is 12.1 Å². The molecule has 28 heavy (non-hydrogen) atoms. The SMILES string of the molecule is CC(NC(=O)c1cccnc1Nc1cccc(C(F)(F)F)c1)c1ccccn1. The number of hydrogen-bond donors (Lipinski definition) is 2. The molecule has 0 bridgehead atoms. The number of alkyl halides is 3. The highest BCUT2D eigenvalue weighted by molar-refractivity contribution is 5.99. The van der Waals surface area contributed by atoms with Gasteiger partial charge in [-0.25, -0.2) is 4.98 Å². The van der Waals surface area contributed by atoms with Crippen molar-refractivity contribution in [3.63, 3.8) is 0 Å². The Morgan fingerprint density at radius 1 is 1.00 bits per heavy atom. The molecule has 1 aromatic carbocycles. The molecule has 0 aliphatic carbocycles. The summed E-state index contributed by atoms with van der Waals surface area (Å²) in [5, 5.41) is 5.60. The number of carbonyl (C=O) groups excluding carboxylic acids is 1. The molecule has 1 atom stereocenters. The van der Waals surface area contributed by atoms with Crippen LogP contribution in [0.25, 0.3) is 0 Å². The zero-order chi connectivity index (χ0) is 20.1. The number of nitrogens with zero attached hydrogens (tertiary/aromatic N) is 2. The van der Waals surface area contributed by atoms with Crippen LogP contribution >= 0.6 is 0 Å². The third kappa shape index (κ3) is 4.64. The molecule has 0 radical (unpaired) electrons. The van der Waals surface area contributed by atoms with Crippen LogP contribution in [0.1, 0.15) is 34.6 Å². The molecule has 5 nitrogen and oxygen atoms in total. The first kappa shape index (κ1) is 19.3. The van der Waals surface area contributed by atoms with Crippen LogP contribution in [0.2, 0.25) is 0 Å². The molecule has 1 amide bonds. The van der Waals surface area contributed by atoms with Gasteiger partial charge in [0.1, 0.15) is 5.82 Å². The molecular weight excluding hydrogens is 369 g/mol. The molecule has 1 unspecified atom stereocenters. The van der Waals surface area contributed by atoms with Gasteiger partial charge in [0.2, 0.25) is 0 Å². The van der Waals surface area contributed by atoms with Gasteiger partial charge in [-0.1, -0.05) is 12.1 Å². The van der Waals surface area contributed by atoms with Gasteiger partial charge in [-0.15, -0.1) is 0 Å². The lowest BCUT2D eigenvalue weighted by atomic mass is 10.1. The van der Waals surface area contributed by atoms with Crippen LogP contribution in [0.15, 0.2) is 67.0 Å². The molecule has 0 saturated carbocycles. The topological polar surface area (TPSA) is 66.9 Å². The van der Waals surface area contributed by atoms with E-state index in [1.807, 2.05) is 6.07 Å². The average Bonchev–Trinajstić information content (AvgIpc) is 2.68. The lowest BCUT2D eigenvalue weighted by Gasteiger charge is -2.16. The predicted octanol–water partition coefficient (Wildman–Crippen LogP) is 4.73. The maximum Gasteiger partial charge on any atom is 0.416 e. The van der Waals surface area contributed by atoms with E-state index in [2.05, 4.69) is 20.6 Å². The largest absolute Gasteiger partial charge is 0.416 e. The van der Waals surface area contributed by atoms with E-state index in [9.17, 15) is 18.0 Å². The van der Waals surface area contributed by atoms with E-state index in [4.69, 9.17) is 0 Å². The van der Waals surface area contributed by atoms with Crippen molar-refractivity contribution < 1.29 is 18.0 Å². The third-order valence-electron chi connectivity index (χ3n) is 3.98. The summed E-state index contributed by atoms with van der Waals surface area (Å²) in [7, 11) is 0. The fourth-order valence-corrected chi connectivity index (χ4v) is 2.58. The minimum absolute atomic E-state index is 0.160. The first-order valence-corrected chi connectivity index (χ1v) is 8.45. The van der Waals surface area contributed by atoms with Gasteiger partial charge in [-0.3, -0.25) is 9.78 Å². The molecular formula is C20H17F3N4O. The van der Waals surface area contributed by atoms with Crippen LogP contribution in [0.3, 0.4) is 0 Å². The zero-order valence-electron chi connectivity index (χ0n) is 14.9. The summed E-state index contributed by atoms with van der Waals surface area (Å²) in [6, 6.07) is 12.9. The monoisotopic (exact) mass is 386 g/mol. The fourth-order valence-electron chi connectivity index (χ4n) is 2.58. The van der Waals surface area contributed by atoms with Crippen molar-refractivity contribution in [3.8, 4) is 0 Å². The molecule has 0 aliphatic rings. The molecule has 8 heteroatoms. The molecule has 0 saturated heterocycles. The average molecular weight is 386 g/mol. The number of nitrogens with one attached hydrogen (secondary N) is 2. The summed E-state index contributed by atoms with van der Waals surface area (Å²) in [5.41, 5.74) is 0.290. The van der Waals surface area contributed by atoms with Gasteiger partial charge in [0.05, 0.1) is 22.9 Å². The van der Waals surface area contributed by atoms with Gasteiger partial charge in [0.25, 0.3) is 5.91 Å². The van der Waals surface area contributed by atoms with Crippen LogP contribution in [-0.4, -0.2) is 15.9 Å². The normalized spacial score (nSPS) is 12.3. The van der Waals surface area contributed by atoms with Crippen molar-refractivity contribution in [2.75, 3.05) is 5.32 Å². The number of carbonyl (C=O) groups is 1.